The second-order valence-corrected chi connectivity index (χ2v) is 9.38. The van der Waals surface area contributed by atoms with E-state index in [4.69, 9.17) is 4.74 Å². The molecule has 2 saturated carbocycles. The lowest BCUT2D eigenvalue weighted by Gasteiger charge is -2.38. The standard InChI is InChI=1S/C21H38N2O3/c1-15(2)23(18-8-6-7-9-18)19(24)17-12-10-16(11-13-17)14-22-20(25)26-21(3,4)5/h15-18H,6-14H2,1-5H3,(H,22,25). The van der Waals surface area contributed by atoms with Gasteiger partial charge >= 0.3 is 6.09 Å². The molecule has 26 heavy (non-hydrogen) atoms. The zero-order chi connectivity index (χ0) is 19.3. The van der Waals surface area contributed by atoms with Gasteiger partial charge in [-0.25, -0.2) is 4.79 Å². The average molecular weight is 367 g/mol. The summed E-state index contributed by atoms with van der Waals surface area (Å²) < 4.78 is 5.29. The molecule has 0 unspecified atom stereocenters. The van der Waals surface area contributed by atoms with E-state index in [1.807, 2.05) is 20.8 Å². The van der Waals surface area contributed by atoms with Crippen LogP contribution in [0.15, 0.2) is 0 Å². The van der Waals surface area contributed by atoms with Gasteiger partial charge in [0, 0.05) is 24.5 Å². The quantitative estimate of drug-likeness (QED) is 0.779. The van der Waals surface area contributed by atoms with E-state index in [2.05, 4.69) is 24.1 Å². The van der Waals surface area contributed by atoms with Crippen molar-refractivity contribution in [2.75, 3.05) is 6.54 Å². The van der Waals surface area contributed by atoms with Crippen LogP contribution in [0.3, 0.4) is 0 Å². The van der Waals surface area contributed by atoms with Gasteiger partial charge in [0.25, 0.3) is 0 Å². The fraction of sp³-hybridized carbons (Fsp3) is 0.905. The molecule has 0 aromatic heterocycles. The van der Waals surface area contributed by atoms with Crippen molar-refractivity contribution < 1.29 is 14.3 Å². The van der Waals surface area contributed by atoms with E-state index in [0.717, 1.165) is 25.7 Å². The molecule has 0 bridgehead atoms. The molecule has 2 rings (SSSR count). The van der Waals surface area contributed by atoms with Gasteiger partial charge in [0.05, 0.1) is 0 Å². The Morgan fingerprint density at radius 2 is 1.62 bits per heavy atom. The molecular formula is C21H38N2O3. The summed E-state index contributed by atoms with van der Waals surface area (Å²) in [5.74, 6) is 0.978. The minimum Gasteiger partial charge on any atom is -0.444 e. The molecule has 0 spiro atoms. The lowest BCUT2D eigenvalue weighted by molar-refractivity contribution is -0.141. The van der Waals surface area contributed by atoms with Crippen LogP contribution >= 0.6 is 0 Å². The predicted octanol–water partition coefficient (Wildman–Crippen LogP) is 4.50. The molecule has 1 N–H and O–H groups in total. The molecule has 2 aliphatic rings. The van der Waals surface area contributed by atoms with Crippen LogP contribution in [0.4, 0.5) is 4.79 Å². The first-order valence-electron chi connectivity index (χ1n) is 10.5. The maximum Gasteiger partial charge on any atom is 0.407 e. The highest BCUT2D eigenvalue weighted by Gasteiger charge is 2.35. The molecule has 0 heterocycles. The second-order valence-electron chi connectivity index (χ2n) is 9.38. The third-order valence-corrected chi connectivity index (χ3v) is 5.66. The highest BCUT2D eigenvalue weighted by Crippen LogP contribution is 2.33. The molecule has 0 aliphatic heterocycles. The number of rotatable bonds is 5. The highest BCUT2D eigenvalue weighted by molar-refractivity contribution is 5.79. The summed E-state index contributed by atoms with van der Waals surface area (Å²) in [7, 11) is 0. The van der Waals surface area contributed by atoms with Crippen molar-refractivity contribution >= 4 is 12.0 Å². The minimum atomic E-state index is -0.464. The van der Waals surface area contributed by atoms with E-state index < -0.39 is 5.60 Å². The van der Waals surface area contributed by atoms with Crippen molar-refractivity contribution in [1.29, 1.82) is 0 Å². The Hall–Kier alpha value is -1.26. The van der Waals surface area contributed by atoms with Gasteiger partial charge in [-0.3, -0.25) is 4.79 Å². The number of alkyl carbamates (subject to hydrolysis) is 1. The predicted molar refractivity (Wildman–Crippen MR) is 104 cm³/mol. The molecule has 0 atom stereocenters. The maximum absolute atomic E-state index is 13.1. The number of nitrogens with one attached hydrogen (secondary N) is 1. The summed E-state index contributed by atoms with van der Waals surface area (Å²) in [4.78, 5) is 27.1. The molecule has 0 aromatic carbocycles. The van der Waals surface area contributed by atoms with Gasteiger partial charge in [-0.05, 0) is 79.1 Å². The van der Waals surface area contributed by atoms with Crippen molar-refractivity contribution in [2.24, 2.45) is 11.8 Å². The summed E-state index contributed by atoms with van der Waals surface area (Å²) in [6.07, 6.45) is 8.38. The van der Waals surface area contributed by atoms with E-state index in [1.54, 1.807) is 0 Å². The van der Waals surface area contributed by atoms with Crippen LogP contribution in [-0.2, 0) is 9.53 Å². The summed E-state index contributed by atoms with van der Waals surface area (Å²) >= 11 is 0. The Bertz CT molecular complexity index is 470. The van der Waals surface area contributed by atoms with Crippen LogP contribution in [-0.4, -0.2) is 41.1 Å². The van der Waals surface area contributed by atoms with Crippen LogP contribution in [0.1, 0.15) is 86.0 Å². The van der Waals surface area contributed by atoms with Crippen LogP contribution in [0.25, 0.3) is 0 Å². The minimum absolute atomic E-state index is 0.163. The second kappa shape index (κ2) is 9.09. The zero-order valence-electron chi connectivity index (χ0n) is 17.3. The molecule has 0 radical (unpaired) electrons. The monoisotopic (exact) mass is 366 g/mol. The first-order valence-corrected chi connectivity index (χ1v) is 10.5. The van der Waals surface area contributed by atoms with Gasteiger partial charge in [0.15, 0.2) is 0 Å². The summed E-state index contributed by atoms with van der Waals surface area (Å²) in [6.45, 7) is 10.5. The Morgan fingerprint density at radius 1 is 1.04 bits per heavy atom. The zero-order valence-corrected chi connectivity index (χ0v) is 17.3. The largest absolute Gasteiger partial charge is 0.444 e. The van der Waals surface area contributed by atoms with Crippen LogP contribution in [0, 0.1) is 11.8 Å². The van der Waals surface area contributed by atoms with Crippen molar-refractivity contribution in [3.8, 4) is 0 Å². The summed E-state index contributed by atoms with van der Waals surface area (Å²) in [5, 5.41) is 2.88. The van der Waals surface area contributed by atoms with Crippen molar-refractivity contribution in [2.45, 2.75) is 104 Å². The van der Waals surface area contributed by atoms with Crippen molar-refractivity contribution in [3.05, 3.63) is 0 Å². The number of amides is 2. The SMILES string of the molecule is CC(C)N(C(=O)C1CCC(CNC(=O)OC(C)(C)C)CC1)C1CCCC1. The number of nitrogens with zero attached hydrogens (tertiary/aromatic N) is 1. The summed E-state index contributed by atoms with van der Waals surface area (Å²) in [6, 6.07) is 0.742. The number of hydrogen-bond donors (Lipinski definition) is 1. The molecule has 2 aliphatic carbocycles. The Kier molecular flexibility index (Phi) is 7.36. The normalized spacial score (nSPS) is 24.5. The van der Waals surface area contributed by atoms with E-state index in [0.29, 0.717) is 24.4 Å². The van der Waals surface area contributed by atoms with E-state index in [-0.39, 0.29) is 18.1 Å². The first-order chi connectivity index (χ1) is 12.2. The third-order valence-electron chi connectivity index (χ3n) is 5.66. The Balaban J connectivity index is 1.78. The summed E-state index contributed by atoms with van der Waals surface area (Å²) in [5.41, 5.74) is -0.464. The van der Waals surface area contributed by atoms with Gasteiger partial charge in [-0.1, -0.05) is 12.8 Å². The van der Waals surface area contributed by atoms with Crippen molar-refractivity contribution in [1.82, 2.24) is 10.2 Å². The molecule has 5 nitrogen and oxygen atoms in total. The van der Waals surface area contributed by atoms with Gasteiger partial charge in [-0.15, -0.1) is 0 Å². The molecule has 150 valence electrons. The molecule has 0 saturated heterocycles. The molecular weight excluding hydrogens is 328 g/mol. The lowest BCUT2D eigenvalue weighted by Crippen LogP contribution is -2.47. The van der Waals surface area contributed by atoms with Crippen LogP contribution in [0.5, 0.6) is 0 Å². The molecule has 2 amide bonds. The number of carbonyl (C=O) groups is 2. The van der Waals surface area contributed by atoms with Crippen LogP contribution < -0.4 is 5.32 Å². The number of ether oxygens (including phenoxy) is 1. The van der Waals surface area contributed by atoms with Gasteiger partial charge in [-0.2, -0.15) is 0 Å². The number of hydrogen-bond acceptors (Lipinski definition) is 3. The molecule has 2 fully saturated rings. The fourth-order valence-corrected chi connectivity index (χ4v) is 4.40. The van der Waals surface area contributed by atoms with Crippen molar-refractivity contribution in [3.63, 3.8) is 0 Å². The fourth-order valence-electron chi connectivity index (χ4n) is 4.40. The van der Waals surface area contributed by atoms with Gasteiger partial charge in [0.1, 0.15) is 5.60 Å². The Labute approximate surface area is 159 Å². The van der Waals surface area contributed by atoms with E-state index >= 15 is 0 Å². The molecule has 0 aromatic rings. The van der Waals surface area contributed by atoms with E-state index in [1.165, 1.54) is 25.7 Å². The highest BCUT2D eigenvalue weighted by atomic mass is 16.6. The maximum atomic E-state index is 13.1. The smallest absolute Gasteiger partial charge is 0.407 e. The average Bonchev–Trinajstić information content (AvgIpc) is 3.05. The van der Waals surface area contributed by atoms with E-state index in [9.17, 15) is 9.59 Å². The van der Waals surface area contributed by atoms with Crippen LogP contribution in [0.2, 0.25) is 0 Å². The van der Waals surface area contributed by atoms with Gasteiger partial charge < -0.3 is 15.0 Å². The lowest BCUT2D eigenvalue weighted by atomic mass is 9.81. The third kappa shape index (κ3) is 6.17. The number of carbonyl (C=O) groups excluding carboxylic acids is 2. The topological polar surface area (TPSA) is 58.6 Å². The first kappa shape index (κ1) is 21.0. The molecule has 5 heteroatoms. The Morgan fingerprint density at radius 3 is 2.12 bits per heavy atom. The van der Waals surface area contributed by atoms with Gasteiger partial charge in [0.2, 0.25) is 5.91 Å².